The van der Waals surface area contributed by atoms with Crippen LogP contribution in [0.1, 0.15) is 43.2 Å². The Bertz CT molecular complexity index is 483. The molecule has 3 N–H and O–H groups in total. The normalized spacial score (nSPS) is 10.6. The van der Waals surface area contributed by atoms with Crippen molar-refractivity contribution in [3.63, 3.8) is 0 Å². The molecule has 0 radical (unpaired) electrons. The first-order chi connectivity index (χ1) is 11.6. The summed E-state index contributed by atoms with van der Waals surface area (Å²) in [5, 5.41) is 9.24. The lowest BCUT2D eigenvalue weighted by Crippen LogP contribution is -2.29. The molecule has 0 unspecified atom stereocenters. The predicted octanol–water partition coefficient (Wildman–Crippen LogP) is 2.57. The molecule has 0 fully saturated rings. The van der Waals surface area contributed by atoms with Crippen LogP contribution in [0.3, 0.4) is 0 Å². The van der Waals surface area contributed by atoms with E-state index in [0.717, 1.165) is 49.0 Å². The summed E-state index contributed by atoms with van der Waals surface area (Å²) in [5.41, 5.74) is 3.10. The molecule has 0 aliphatic heterocycles. The van der Waals surface area contributed by atoms with Crippen LogP contribution < -0.4 is 16.0 Å². The van der Waals surface area contributed by atoms with E-state index in [-0.39, 0.29) is 5.91 Å². The number of unbranched alkanes of at least 4 members (excludes halogenated alkanes) is 4. The molecule has 1 rings (SSSR count). The van der Waals surface area contributed by atoms with Crippen LogP contribution in [0.2, 0.25) is 0 Å². The molecule has 0 heterocycles. The predicted molar refractivity (Wildman–Crippen MR) is 99.4 cm³/mol. The van der Waals surface area contributed by atoms with E-state index in [9.17, 15) is 9.59 Å². The molecule has 0 aliphatic carbocycles. The Hall–Kier alpha value is -1.72. The highest BCUT2D eigenvalue weighted by Crippen LogP contribution is 2.18. The number of para-hydroxylation sites is 1. The van der Waals surface area contributed by atoms with Crippen molar-refractivity contribution in [3.05, 3.63) is 29.3 Å². The van der Waals surface area contributed by atoms with E-state index < -0.39 is 0 Å². The largest absolute Gasteiger partial charge is 0.324 e. The summed E-state index contributed by atoms with van der Waals surface area (Å²) in [7, 11) is 0. The molecule has 1 aromatic rings. The van der Waals surface area contributed by atoms with Crippen molar-refractivity contribution >= 4 is 17.9 Å². The summed E-state index contributed by atoms with van der Waals surface area (Å²) in [6.45, 7) is 6.59. The fourth-order valence-electron chi connectivity index (χ4n) is 2.59. The maximum absolute atomic E-state index is 12.0. The van der Waals surface area contributed by atoms with E-state index in [0.29, 0.717) is 13.1 Å². The second kappa shape index (κ2) is 12.7. The molecule has 0 saturated carbocycles. The molecule has 5 nitrogen and oxygen atoms in total. The highest BCUT2D eigenvalue weighted by atomic mass is 16.1. The fourth-order valence-corrected chi connectivity index (χ4v) is 2.59. The number of carbonyl (C=O) groups excluding carboxylic acids is 2. The van der Waals surface area contributed by atoms with Crippen molar-refractivity contribution in [2.75, 3.05) is 31.5 Å². The smallest absolute Gasteiger partial charge is 0.238 e. The lowest BCUT2D eigenvalue weighted by Gasteiger charge is -2.11. The Morgan fingerprint density at radius 2 is 1.54 bits per heavy atom. The SMILES string of the molecule is Cc1cccc(C)c1NC(=O)CNCCCCCCCNCC=O. The summed E-state index contributed by atoms with van der Waals surface area (Å²) < 4.78 is 0. The highest BCUT2D eigenvalue weighted by molar-refractivity contribution is 5.93. The van der Waals surface area contributed by atoms with Crippen molar-refractivity contribution in [1.82, 2.24) is 10.6 Å². The van der Waals surface area contributed by atoms with Crippen molar-refractivity contribution < 1.29 is 9.59 Å². The summed E-state index contributed by atoms with van der Waals surface area (Å²) in [6.07, 6.45) is 6.62. The van der Waals surface area contributed by atoms with Gasteiger partial charge in [-0.05, 0) is 50.9 Å². The van der Waals surface area contributed by atoms with E-state index in [1.807, 2.05) is 32.0 Å². The molecule has 1 amide bonds. The van der Waals surface area contributed by atoms with Gasteiger partial charge in [-0.3, -0.25) is 4.79 Å². The minimum absolute atomic E-state index is 0.00801. The van der Waals surface area contributed by atoms with Gasteiger partial charge in [0.1, 0.15) is 6.29 Å². The third kappa shape index (κ3) is 8.79. The van der Waals surface area contributed by atoms with Crippen LogP contribution >= 0.6 is 0 Å². The van der Waals surface area contributed by atoms with Gasteiger partial charge in [-0.25, -0.2) is 0 Å². The first-order valence-electron chi connectivity index (χ1n) is 8.86. The topological polar surface area (TPSA) is 70.2 Å². The summed E-state index contributed by atoms with van der Waals surface area (Å²) in [6, 6.07) is 6.01. The molecule has 0 aromatic heterocycles. The van der Waals surface area contributed by atoms with Gasteiger partial charge >= 0.3 is 0 Å². The number of anilines is 1. The molecule has 24 heavy (non-hydrogen) atoms. The van der Waals surface area contributed by atoms with Crippen molar-refractivity contribution in [2.24, 2.45) is 0 Å². The summed E-state index contributed by atoms with van der Waals surface area (Å²) >= 11 is 0. The van der Waals surface area contributed by atoms with E-state index >= 15 is 0 Å². The van der Waals surface area contributed by atoms with E-state index in [1.54, 1.807) is 0 Å². The average Bonchev–Trinajstić information content (AvgIpc) is 2.56. The third-order valence-corrected chi connectivity index (χ3v) is 3.97. The maximum Gasteiger partial charge on any atom is 0.238 e. The van der Waals surface area contributed by atoms with Crippen LogP contribution in [0.15, 0.2) is 18.2 Å². The second-order valence-electron chi connectivity index (χ2n) is 6.13. The van der Waals surface area contributed by atoms with E-state index in [1.165, 1.54) is 19.3 Å². The number of aldehydes is 1. The number of amides is 1. The van der Waals surface area contributed by atoms with Gasteiger partial charge in [-0.15, -0.1) is 0 Å². The standard InChI is InChI=1S/C19H31N3O2/c1-16-9-8-10-17(2)19(16)22-18(24)15-21-12-7-5-3-4-6-11-20-13-14-23/h8-10,14,20-21H,3-7,11-13,15H2,1-2H3,(H,22,24). The molecule has 0 spiro atoms. The number of hydrogen-bond donors (Lipinski definition) is 3. The van der Waals surface area contributed by atoms with Gasteiger partial charge in [0.15, 0.2) is 0 Å². The van der Waals surface area contributed by atoms with Gasteiger partial charge in [0, 0.05) is 5.69 Å². The van der Waals surface area contributed by atoms with E-state index in [2.05, 4.69) is 16.0 Å². The van der Waals surface area contributed by atoms with Crippen LogP contribution in [0.4, 0.5) is 5.69 Å². The monoisotopic (exact) mass is 333 g/mol. The molecule has 0 atom stereocenters. The van der Waals surface area contributed by atoms with Gasteiger partial charge in [-0.2, -0.15) is 0 Å². The Kier molecular flexibility index (Phi) is 10.7. The average molecular weight is 333 g/mol. The Morgan fingerprint density at radius 3 is 2.17 bits per heavy atom. The second-order valence-corrected chi connectivity index (χ2v) is 6.13. The highest BCUT2D eigenvalue weighted by Gasteiger charge is 2.06. The Balaban J connectivity index is 2.01. The van der Waals surface area contributed by atoms with Crippen molar-refractivity contribution in [3.8, 4) is 0 Å². The molecule has 0 saturated heterocycles. The zero-order valence-electron chi connectivity index (χ0n) is 15.0. The lowest BCUT2D eigenvalue weighted by atomic mass is 10.1. The van der Waals surface area contributed by atoms with Crippen LogP contribution in [-0.4, -0.2) is 38.4 Å². The third-order valence-electron chi connectivity index (χ3n) is 3.97. The lowest BCUT2D eigenvalue weighted by molar-refractivity contribution is -0.115. The van der Waals surface area contributed by atoms with Gasteiger partial charge in [0.05, 0.1) is 13.1 Å². The molecular formula is C19H31N3O2. The zero-order valence-corrected chi connectivity index (χ0v) is 15.0. The number of benzene rings is 1. The summed E-state index contributed by atoms with van der Waals surface area (Å²) in [5.74, 6) is 0.00801. The molecule has 0 bridgehead atoms. The van der Waals surface area contributed by atoms with Crippen LogP contribution in [0.5, 0.6) is 0 Å². The van der Waals surface area contributed by atoms with Gasteiger partial charge in [0.25, 0.3) is 0 Å². The van der Waals surface area contributed by atoms with Crippen LogP contribution in [0.25, 0.3) is 0 Å². The molecule has 5 heteroatoms. The Morgan fingerprint density at radius 1 is 0.958 bits per heavy atom. The van der Waals surface area contributed by atoms with E-state index in [4.69, 9.17) is 0 Å². The first kappa shape index (κ1) is 20.3. The first-order valence-corrected chi connectivity index (χ1v) is 8.86. The summed E-state index contributed by atoms with van der Waals surface area (Å²) in [4.78, 5) is 22.1. The Labute approximate surface area is 145 Å². The van der Waals surface area contributed by atoms with Gasteiger partial charge in [0.2, 0.25) is 5.91 Å². The zero-order chi connectivity index (χ0) is 17.6. The number of hydrogen-bond acceptors (Lipinski definition) is 4. The molecule has 1 aromatic carbocycles. The number of nitrogens with one attached hydrogen (secondary N) is 3. The minimum Gasteiger partial charge on any atom is -0.324 e. The molecular weight excluding hydrogens is 302 g/mol. The number of aryl methyl sites for hydroxylation is 2. The fraction of sp³-hybridized carbons (Fsp3) is 0.579. The van der Waals surface area contributed by atoms with Crippen LogP contribution in [-0.2, 0) is 9.59 Å². The van der Waals surface area contributed by atoms with Crippen molar-refractivity contribution in [1.29, 1.82) is 0 Å². The van der Waals surface area contributed by atoms with Crippen LogP contribution in [0, 0.1) is 13.8 Å². The molecule has 0 aliphatic rings. The molecule has 134 valence electrons. The van der Waals surface area contributed by atoms with Gasteiger partial charge in [-0.1, -0.05) is 37.5 Å². The number of carbonyl (C=O) groups is 2. The van der Waals surface area contributed by atoms with Gasteiger partial charge < -0.3 is 20.7 Å². The minimum atomic E-state index is 0.00801. The maximum atomic E-state index is 12.0. The van der Waals surface area contributed by atoms with Crippen molar-refractivity contribution in [2.45, 2.75) is 46.0 Å². The number of rotatable bonds is 13. The quantitative estimate of drug-likeness (QED) is 0.383.